The molecule has 5 heteroatoms. The number of anilines is 2. The Balaban J connectivity index is 2.25. The van der Waals surface area contributed by atoms with E-state index in [1.54, 1.807) is 36.2 Å². The van der Waals surface area contributed by atoms with E-state index in [1.807, 2.05) is 45.9 Å². The predicted molar refractivity (Wildman–Crippen MR) is 106 cm³/mol. The average Bonchev–Trinajstić information content (AvgIpc) is 2.53. The van der Waals surface area contributed by atoms with E-state index < -0.39 is 5.41 Å². The largest absolute Gasteiger partial charge is 0.326 e. The molecule has 1 N–H and O–H groups in total. The highest BCUT2D eigenvalue weighted by molar-refractivity contribution is 9.10. The van der Waals surface area contributed by atoms with Gasteiger partial charge in [0.15, 0.2) is 0 Å². The molecule has 0 aliphatic rings. The highest BCUT2D eigenvalue weighted by Gasteiger charge is 2.22. The molecule has 2 aromatic carbocycles. The van der Waals surface area contributed by atoms with Gasteiger partial charge >= 0.3 is 0 Å². The highest BCUT2D eigenvalue weighted by atomic mass is 79.9. The molecule has 0 aliphatic heterocycles. The van der Waals surface area contributed by atoms with E-state index in [4.69, 9.17) is 0 Å². The average molecular weight is 403 g/mol. The molecular formula is C20H23BrN2O2. The third-order valence-corrected chi connectivity index (χ3v) is 4.37. The lowest BCUT2D eigenvalue weighted by Crippen LogP contribution is -2.28. The predicted octanol–water partition coefficient (Wildman–Crippen LogP) is 5.02. The van der Waals surface area contributed by atoms with Gasteiger partial charge < -0.3 is 10.2 Å². The fourth-order valence-corrected chi connectivity index (χ4v) is 2.82. The third-order valence-electron chi connectivity index (χ3n) is 3.87. The molecule has 25 heavy (non-hydrogen) atoms. The lowest BCUT2D eigenvalue weighted by molar-refractivity contribution is -0.123. The maximum Gasteiger partial charge on any atom is 0.258 e. The number of amides is 2. The minimum atomic E-state index is -0.495. The quantitative estimate of drug-likeness (QED) is 0.783. The zero-order valence-corrected chi connectivity index (χ0v) is 16.8. The van der Waals surface area contributed by atoms with Crippen molar-refractivity contribution in [1.82, 2.24) is 0 Å². The van der Waals surface area contributed by atoms with Gasteiger partial charge in [-0.05, 0) is 48.9 Å². The van der Waals surface area contributed by atoms with E-state index in [1.165, 1.54) is 0 Å². The molecule has 2 rings (SSSR count). The summed E-state index contributed by atoms with van der Waals surface area (Å²) in [6.45, 7) is 7.51. The second-order valence-corrected chi connectivity index (χ2v) is 8.00. The van der Waals surface area contributed by atoms with Crippen LogP contribution >= 0.6 is 15.9 Å². The van der Waals surface area contributed by atoms with Gasteiger partial charge in [-0.2, -0.15) is 0 Å². The number of hydrogen-bond donors (Lipinski definition) is 1. The van der Waals surface area contributed by atoms with Gasteiger partial charge in [0.2, 0.25) is 5.91 Å². The highest BCUT2D eigenvalue weighted by Crippen LogP contribution is 2.25. The van der Waals surface area contributed by atoms with E-state index in [0.29, 0.717) is 11.3 Å². The summed E-state index contributed by atoms with van der Waals surface area (Å²) in [6, 6.07) is 12.8. The summed E-state index contributed by atoms with van der Waals surface area (Å²) in [6.07, 6.45) is 0. The van der Waals surface area contributed by atoms with Crippen molar-refractivity contribution in [2.75, 3.05) is 17.3 Å². The number of nitrogens with one attached hydrogen (secondary N) is 1. The van der Waals surface area contributed by atoms with Gasteiger partial charge in [-0.1, -0.05) is 42.8 Å². The number of benzene rings is 2. The van der Waals surface area contributed by atoms with Crippen molar-refractivity contribution in [1.29, 1.82) is 0 Å². The molecule has 0 fully saturated rings. The van der Waals surface area contributed by atoms with Crippen molar-refractivity contribution < 1.29 is 9.59 Å². The van der Waals surface area contributed by atoms with E-state index in [-0.39, 0.29) is 11.8 Å². The van der Waals surface area contributed by atoms with E-state index in [2.05, 4.69) is 21.2 Å². The second kappa shape index (κ2) is 7.40. The SMILES string of the molecule is Cc1cc(Br)ccc1N(C)C(=O)c1cccc(NC(=O)C(C)(C)C)c1. The van der Waals surface area contributed by atoms with E-state index in [0.717, 1.165) is 15.7 Å². The molecule has 0 spiro atoms. The van der Waals surface area contributed by atoms with Gasteiger partial charge in [-0.15, -0.1) is 0 Å². The van der Waals surface area contributed by atoms with Crippen molar-refractivity contribution in [3.63, 3.8) is 0 Å². The first kappa shape index (κ1) is 19.2. The van der Waals surface area contributed by atoms with Crippen LogP contribution in [0.2, 0.25) is 0 Å². The normalized spacial score (nSPS) is 11.1. The Hall–Kier alpha value is -2.14. The van der Waals surface area contributed by atoms with Gasteiger partial charge in [0, 0.05) is 33.9 Å². The summed E-state index contributed by atoms with van der Waals surface area (Å²) >= 11 is 3.43. The fourth-order valence-electron chi connectivity index (χ4n) is 2.35. The summed E-state index contributed by atoms with van der Waals surface area (Å²) in [5, 5.41) is 2.86. The van der Waals surface area contributed by atoms with Crippen molar-refractivity contribution in [2.45, 2.75) is 27.7 Å². The zero-order chi connectivity index (χ0) is 18.8. The number of aryl methyl sites for hydroxylation is 1. The van der Waals surface area contributed by atoms with Gasteiger partial charge in [0.1, 0.15) is 0 Å². The molecule has 4 nitrogen and oxygen atoms in total. The van der Waals surface area contributed by atoms with Crippen LogP contribution in [0.3, 0.4) is 0 Å². The van der Waals surface area contributed by atoms with Crippen LogP contribution in [0.4, 0.5) is 11.4 Å². The number of rotatable bonds is 3. The van der Waals surface area contributed by atoms with Crippen LogP contribution in [0.15, 0.2) is 46.9 Å². The molecule has 2 amide bonds. The van der Waals surface area contributed by atoms with Crippen LogP contribution in [0.1, 0.15) is 36.7 Å². The summed E-state index contributed by atoms with van der Waals surface area (Å²) < 4.78 is 0.974. The molecule has 0 radical (unpaired) electrons. The maximum atomic E-state index is 12.8. The molecular weight excluding hydrogens is 380 g/mol. The zero-order valence-electron chi connectivity index (χ0n) is 15.2. The smallest absolute Gasteiger partial charge is 0.258 e. The van der Waals surface area contributed by atoms with Crippen molar-refractivity contribution in [3.8, 4) is 0 Å². The van der Waals surface area contributed by atoms with Gasteiger partial charge in [-0.3, -0.25) is 9.59 Å². The summed E-state index contributed by atoms with van der Waals surface area (Å²) in [7, 11) is 1.75. The minimum Gasteiger partial charge on any atom is -0.326 e. The monoisotopic (exact) mass is 402 g/mol. The summed E-state index contributed by atoms with van der Waals surface area (Å²) in [5.74, 6) is -0.216. The Morgan fingerprint density at radius 3 is 2.36 bits per heavy atom. The number of carbonyl (C=O) groups excluding carboxylic acids is 2. The molecule has 0 unspecified atom stereocenters. The van der Waals surface area contributed by atoms with Crippen LogP contribution in [0, 0.1) is 12.3 Å². The lowest BCUT2D eigenvalue weighted by Gasteiger charge is -2.21. The van der Waals surface area contributed by atoms with E-state index in [9.17, 15) is 9.59 Å². The Labute approximate surface area is 157 Å². The summed E-state index contributed by atoms with van der Waals surface area (Å²) in [4.78, 5) is 26.6. The maximum absolute atomic E-state index is 12.8. The molecule has 0 saturated heterocycles. The molecule has 0 atom stereocenters. The first-order chi connectivity index (χ1) is 11.6. The van der Waals surface area contributed by atoms with Crippen molar-refractivity contribution >= 4 is 39.1 Å². The molecule has 0 saturated carbocycles. The number of hydrogen-bond acceptors (Lipinski definition) is 2. The molecule has 0 aliphatic carbocycles. The number of halogens is 1. The van der Waals surface area contributed by atoms with Gasteiger partial charge in [0.25, 0.3) is 5.91 Å². The Bertz CT molecular complexity index is 810. The standard InChI is InChI=1S/C20H23BrN2O2/c1-13-11-15(21)9-10-17(13)23(5)18(24)14-7-6-8-16(12-14)22-19(25)20(2,3)4/h6-12H,1-5H3,(H,22,25). The van der Waals surface area contributed by atoms with Crippen LogP contribution in [-0.2, 0) is 4.79 Å². The van der Waals surface area contributed by atoms with Crippen molar-refractivity contribution in [2.24, 2.45) is 5.41 Å². The first-order valence-electron chi connectivity index (χ1n) is 8.05. The fraction of sp³-hybridized carbons (Fsp3) is 0.300. The topological polar surface area (TPSA) is 49.4 Å². The molecule has 0 aromatic heterocycles. The second-order valence-electron chi connectivity index (χ2n) is 7.08. The van der Waals surface area contributed by atoms with Crippen molar-refractivity contribution in [3.05, 3.63) is 58.1 Å². The van der Waals surface area contributed by atoms with Crippen LogP contribution in [-0.4, -0.2) is 18.9 Å². The van der Waals surface area contributed by atoms with Crippen LogP contribution in [0.5, 0.6) is 0 Å². The Morgan fingerprint density at radius 2 is 1.76 bits per heavy atom. The molecule has 2 aromatic rings. The molecule has 0 bridgehead atoms. The Morgan fingerprint density at radius 1 is 1.08 bits per heavy atom. The van der Waals surface area contributed by atoms with Crippen LogP contribution < -0.4 is 10.2 Å². The molecule has 132 valence electrons. The third kappa shape index (κ3) is 4.69. The first-order valence-corrected chi connectivity index (χ1v) is 8.84. The number of nitrogens with zero attached hydrogens (tertiary/aromatic N) is 1. The van der Waals surface area contributed by atoms with Gasteiger partial charge in [0.05, 0.1) is 0 Å². The van der Waals surface area contributed by atoms with Gasteiger partial charge in [-0.25, -0.2) is 0 Å². The lowest BCUT2D eigenvalue weighted by atomic mass is 9.95. The minimum absolute atomic E-state index is 0.0887. The number of carbonyl (C=O) groups is 2. The van der Waals surface area contributed by atoms with E-state index >= 15 is 0 Å². The molecule has 0 heterocycles. The van der Waals surface area contributed by atoms with Crippen LogP contribution in [0.25, 0.3) is 0 Å². The Kier molecular flexibility index (Phi) is 5.68. The summed E-state index contributed by atoms with van der Waals surface area (Å²) in [5.41, 5.74) is 2.49.